The molecule has 0 bridgehead atoms. The van der Waals surface area contributed by atoms with Gasteiger partial charge in [-0.3, -0.25) is 10.1 Å². The van der Waals surface area contributed by atoms with E-state index < -0.39 is 4.92 Å². The highest BCUT2D eigenvalue weighted by atomic mass is 79.9. The Bertz CT molecular complexity index is 616. The zero-order chi connectivity index (χ0) is 14.0. The fourth-order valence-electron chi connectivity index (χ4n) is 1.62. The van der Waals surface area contributed by atoms with E-state index in [1.54, 1.807) is 17.4 Å². The van der Waals surface area contributed by atoms with Gasteiger partial charge in [0.1, 0.15) is 0 Å². The van der Waals surface area contributed by atoms with Gasteiger partial charge in [-0.25, -0.2) is 0 Å². The molecule has 0 spiro atoms. The lowest BCUT2D eigenvalue weighted by Gasteiger charge is -2.13. The Morgan fingerprint density at radius 3 is 2.63 bits per heavy atom. The number of nitro groups is 1. The van der Waals surface area contributed by atoms with Crippen LogP contribution in [0.25, 0.3) is 0 Å². The summed E-state index contributed by atoms with van der Waals surface area (Å²) in [7, 11) is 0. The third-order valence-corrected chi connectivity index (χ3v) is 5.02. The highest BCUT2D eigenvalue weighted by molar-refractivity contribution is 9.11. The molecule has 1 aromatic carbocycles. The first-order chi connectivity index (χ1) is 8.97. The maximum Gasteiger partial charge on any atom is 0.285 e. The lowest BCUT2D eigenvalue weighted by molar-refractivity contribution is -0.385. The van der Waals surface area contributed by atoms with E-state index in [2.05, 4.69) is 37.2 Å². The molecule has 4 nitrogen and oxygen atoms in total. The topological polar surface area (TPSA) is 55.2 Å². The maximum absolute atomic E-state index is 10.9. The average molecular weight is 406 g/mol. The summed E-state index contributed by atoms with van der Waals surface area (Å²) in [5, 5.41) is 14.1. The minimum atomic E-state index is -0.401. The van der Waals surface area contributed by atoms with Crippen molar-refractivity contribution in [3.8, 4) is 0 Å². The Morgan fingerprint density at radius 2 is 2.05 bits per heavy atom. The van der Waals surface area contributed by atoms with Gasteiger partial charge in [0, 0.05) is 16.6 Å². The first kappa shape index (κ1) is 14.5. The molecule has 0 saturated carbocycles. The van der Waals surface area contributed by atoms with E-state index in [9.17, 15) is 10.1 Å². The van der Waals surface area contributed by atoms with Crippen molar-refractivity contribution in [1.82, 2.24) is 0 Å². The Balaban J connectivity index is 2.19. The summed E-state index contributed by atoms with van der Waals surface area (Å²) in [5.41, 5.74) is 0.788. The van der Waals surface area contributed by atoms with Crippen molar-refractivity contribution in [2.75, 3.05) is 5.32 Å². The van der Waals surface area contributed by atoms with Crippen LogP contribution in [0.2, 0.25) is 0 Å². The van der Waals surface area contributed by atoms with Crippen LogP contribution in [0.1, 0.15) is 17.8 Å². The van der Waals surface area contributed by atoms with Gasteiger partial charge in [-0.1, -0.05) is 0 Å². The van der Waals surface area contributed by atoms with Crippen LogP contribution in [0.3, 0.4) is 0 Å². The number of thiophene rings is 1. The first-order valence-corrected chi connectivity index (χ1v) is 7.83. The van der Waals surface area contributed by atoms with Gasteiger partial charge in [-0.05, 0) is 63.0 Å². The molecule has 0 aliphatic rings. The SMILES string of the molecule is CC(Nc1ccc(Br)c([N+](=O)[O-])c1)c1ccc(Br)s1. The molecule has 1 heterocycles. The van der Waals surface area contributed by atoms with Gasteiger partial charge in [0.25, 0.3) is 5.69 Å². The predicted octanol–water partition coefficient (Wildman–Crippen LogP) is 5.35. The van der Waals surface area contributed by atoms with Gasteiger partial charge < -0.3 is 5.32 Å². The molecular formula is C12H10Br2N2O2S. The molecule has 0 aliphatic heterocycles. The maximum atomic E-state index is 10.9. The largest absolute Gasteiger partial charge is 0.378 e. The van der Waals surface area contributed by atoms with Crippen LogP contribution in [0, 0.1) is 10.1 Å². The standard InChI is InChI=1S/C12H10Br2N2O2S/c1-7(11-4-5-12(14)19-11)15-8-2-3-9(13)10(6-8)16(17)18/h2-7,15H,1H3. The van der Waals surface area contributed by atoms with Gasteiger partial charge in [-0.2, -0.15) is 0 Å². The zero-order valence-electron chi connectivity index (χ0n) is 9.89. The van der Waals surface area contributed by atoms with Crippen molar-refractivity contribution in [2.45, 2.75) is 13.0 Å². The van der Waals surface area contributed by atoms with E-state index in [1.807, 2.05) is 25.1 Å². The van der Waals surface area contributed by atoms with Crippen LogP contribution in [-0.4, -0.2) is 4.92 Å². The molecular weight excluding hydrogens is 396 g/mol. The van der Waals surface area contributed by atoms with Crippen molar-refractivity contribution in [1.29, 1.82) is 0 Å². The van der Waals surface area contributed by atoms with Crippen LogP contribution >= 0.6 is 43.2 Å². The van der Waals surface area contributed by atoms with Crippen molar-refractivity contribution < 1.29 is 4.92 Å². The van der Waals surface area contributed by atoms with Crippen molar-refractivity contribution in [3.05, 3.63) is 53.6 Å². The number of nitro benzene ring substituents is 1. The number of benzene rings is 1. The normalized spacial score (nSPS) is 12.2. The van der Waals surface area contributed by atoms with Gasteiger partial charge >= 0.3 is 0 Å². The van der Waals surface area contributed by atoms with E-state index in [0.717, 1.165) is 14.4 Å². The third-order valence-electron chi connectivity index (χ3n) is 2.55. The molecule has 1 N–H and O–H groups in total. The molecule has 1 atom stereocenters. The molecule has 100 valence electrons. The number of anilines is 1. The van der Waals surface area contributed by atoms with Crippen LogP contribution in [0.5, 0.6) is 0 Å². The Hall–Kier alpha value is -0.920. The molecule has 0 saturated heterocycles. The molecule has 0 aliphatic carbocycles. The van der Waals surface area contributed by atoms with E-state index in [1.165, 1.54) is 6.07 Å². The lowest BCUT2D eigenvalue weighted by atomic mass is 10.2. The van der Waals surface area contributed by atoms with Gasteiger partial charge in [0.15, 0.2) is 0 Å². The number of nitrogens with one attached hydrogen (secondary N) is 1. The monoisotopic (exact) mass is 404 g/mol. The van der Waals surface area contributed by atoms with Gasteiger partial charge in [-0.15, -0.1) is 11.3 Å². The van der Waals surface area contributed by atoms with Crippen LogP contribution < -0.4 is 5.32 Å². The van der Waals surface area contributed by atoms with Crippen molar-refractivity contribution in [3.63, 3.8) is 0 Å². The highest BCUT2D eigenvalue weighted by Gasteiger charge is 2.14. The Morgan fingerprint density at radius 1 is 1.32 bits per heavy atom. The molecule has 1 unspecified atom stereocenters. The summed E-state index contributed by atoms with van der Waals surface area (Å²) < 4.78 is 1.55. The minimum absolute atomic E-state index is 0.0598. The Labute approximate surface area is 131 Å². The molecule has 0 fully saturated rings. The average Bonchev–Trinajstić information content (AvgIpc) is 2.78. The van der Waals surface area contributed by atoms with Gasteiger partial charge in [0.2, 0.25) is 0 Å². The number of hydrogen-bond donors (Lipinski definition) is 1. The molecule has 19 heavy (non-hydrogen) atoms. The summed E-state index contributed by atoms with van der Waals surface area (Å²) in [4.78, 5) is 11.6. The molecule has 1 aromatic heterocycles. The quantitative estimate of drug-likeness (QED) is 0.550. The van der Waals surface area contributed by atoms with E-state index in [-0.39, 0.29) is 11.7 Å². The summed E-state index contributed by atoms with van der Waals surface area (Å²) >= 11 is 8.23. The Kier molecular flexibility index (Phi) is 4.59. The fraction of sp³-hybridized carbons (Fsp3) is 0.167. The number of halogens is 2. The van der Waals surface area contributed by atoms with Crippen LogP contribution in [-0.2, 0) is 0 Å². The zero-order valence-corrected chi connectivity index (χ0v) is 13.9. The summed E-state index contributed by atoms with van der Waals surface area (Å²) in [6, 6.07) is 9.14. The van der Waals surface area contributed by atoms with E-state index in [0.29, 0.717) is 4.47 Å². The minimum Gasteiger partial charge on any atom is -0.378 e. The molecule has 0 amide bonds. The fourth-order valence-corrected chi connectivity index (χ4v) is 3.44. The molecule has 2 rings (SSSR count). The van der Waals surface area contributed by atoms with Gasteiger partial charge in [0.05, 0.1) is 19.2 Å². The summed E-state index contributed by atoms with van der Waals surface area (Å²) in [6.07, 6.45) is 0. The molecule has 2 aromatic rings. The first-order valence-electron chi connectivity index (χ1n) is 5.43. The molecule has 7 heteroatoms. The van der Waals surface area contributed by atoms with Crippen LogP contribution in [0.4, 0.5) is 11.4 Å². The highest BCUT2D eigenvalue weighted by Crippen LogP contribution is 2.32. The smallest absolute Gasteiger partial charge is 0.285 e. The molecule has 0 radical (unpaired) electrons. The summed E-state index contributed by atoms with van der Waals surface area (Å²) in [5.74, 6) is 0. The van der Waals surface area contributed by atoms with Crippen molar-refractivity contribution >= 4 is 54.6 Å². The second kappa shape index (κ2) is 6.02. The second-order valence-electron chi connectivity index (χ2n) is 3.93. The number of rotatable bonds is 4. The van der Waals surface area contributed by atoms with Crippen molar-refractivity contribution in [2.24, 2.45) is 0 Å². The third kappa shape index (κ3) is 3.55. The van der Waals surface area contributed by atoms with Crippen LogP contribution in [0.15, 0.2) is 38.6 Å². The lowest BCUT2D eigenvalue weighted by Crippen LogP contribution is -2.05. The second-order valence-corrected chi connectivity index (χ2v) is 7.28. The number of nitrogens with zero attached hydrogens (tertiary/aromatic N) is 1. The van der Waals surface area contributed by atoms with E-state index in [4.69, 9.17) is 0 Å². The van der Waals surface area contributed by atoms with E-state index >= 15 is 0 Å². The predicted molar refractivity (Wildman–Crippen MR) is 84.9 cm³/mol. The summed E-state index contributed by atoms with van der Waals surface area (Å²) in [6.45, 7) is 2.02. The number of hydrogen-bond acceptors (Lipinski definition) is 4.